The van der Waals surface area contributed by atoms with Gasteiger partial charge in [0, 0.05) is 6.08 Å². The summed E-state index contributed by atoms with van der Waals surface area (Å²) in [7, 11) is 0. The van der Waals surface area contributed by atoms with Gasteiger partial charge < -0.3 is 4.74 Å². The van der Waals surface area contributed by atoms with Crippen molar-refractivity contribution >= 4 is 0 Å². The molecule has 0 aromatic heterocycles. The van der Waals surface area contributed by atoms with Crippen molar-refractivity contribution in [2.24, 2.45) is 23.7 Å². The summed E-state index contributed by atoms with van der Waals surface area (Å²) in [5.41, 5.74) is 1.11. The molecule has 3 rings (SSSR count). The maximum Gasteiger partial charge on any atom is 0.419 e. The van der Waals surface area contributed by atoms with Crippen LogP contribution in [0.1, 0.15) is 76.7 Å². The molecule has 166 valence electrons. The van der Waals surface area contributed by atoms with Gasteiger partial charge in [0.15, 0.2) is 0 Å². The van der Waals surface area contributed by atoms with E-state index in [0.29, 0.717) is 0 Å². The Morgan fingerprint density at radius 3 is 2.13 bits per heavy atom. The van der Waals surface area contributed by atoms with E-state index < -0.39 is 6.11 Å². The molecule has 1 aromatic rings. The van der Waals surface area contributed by atoms with Crippen LogP contribution in [0, 0.1) is 23.7 Å². The van der Waals surface area contributed by atoms with Gasteiger partial charge in [-0.25, -0.2) is 0 Å². The first-order valence-corrected chi connectivity index (χ1v) is 11.9. The Balaban J connectivity index is 1.41. The molecule has 0 N–H and O–H groups in total. The highest BCUT2D eigenvalue weighted by molar-refractivity contribution is 5.27. The third-order valence-electron chi connectivity index (χ3n) is 7.30. The summed E-state index contributed by atoms with van der Waals surface area (Å²) in [5.74, 6) is 3.00. The van der Waals surface area contributed by atoms with Crippen LogP contribution in [0.3, 0.4) is 0 Å². The zero-order valence-corrected chi connectivity index (χ0v) is 18.5. The molecule has 2 aliphatic carbocycles. The van der Waals surface area contributed by atoms with E-state index in [1.54, 1.807) is 18.2 Å². The molecule has 0 unspecified atom stereocenters. The molecule has 0 radical (unpaired) electrons. The molecule has 0 heterocycles. The monoisotopic (exact) mass is 416 g/mol. The minimum Gasteiger partial charge on any atom is -0.429 e. The summed E-state index contributed by atoms with van der Waals surface area (Å²) in [5, 5.41) is 0. The minimum absolute atomic E-state index is 0.217. The fraction of sp³-hybridized carbons (Fsp3) is 0.630. The van der Waals surface area contributed by atoms with Crippen LogP contribution < -0.4 is 4.74 Å². The number of benzene rings is 1. The average Bonchev–Trinajstić information content (AvgIpc) is 2.77. The first kappa shape index (κ1) is 23.0. The van der Waals surface area contributed by atoms with Gasteiger partial charge in [-0.15, -0.1) is 6.58 Å². The van der Waals surface area contributed by atoms with E-state index in [1.165, 1.54) is 44.9 Å². The number of allylic oxidation sites excluding steroid dienone is 2. The molecule has 0 atom stereocenters. The molecule has 2 saturated carbocycles. The van der Waals surface area contributed by atoms with Crippen molar-refractivity contribution in [1.82, 2.24) is 0 Å². The lowest BCUT2D eigenvalue weighted by atomic mass is 9.68. The van der Waals surface area contributed by atoms with Crippen LogP contribution in [0.4, 0.5) is 8.78 Å². The number of hydrogen-bond acceptors (Lipinski definition) is 1. The van der Waals surface area contributed by atoms with E-state index in [2.05, 4.69) is 6.58 Å². The second-order valence-corrected chi connectivity index (χ2v) is 9.34. The molecule has 0 saturated heterocycles. The van der Waals surface area contributed by atoms with Crippen molar-refractivity contribution in [3.8, 4) is 5.75 Å². The first-order valence-electron chi connectivity index (χ1n) is 11.9. The molecule has 0 bridgehead atoms. The normalized spacial score (nSPS) is 27.8. The summed E-state index contributed by atoms with van der Waals surface area (Å²) in [6, 6.07) is 6.92. The molecular weight excluding hydrogens is 378 g/mol. The van der Waals surface area contributed by atoms with Gasteiger partial charge in [0.05, 0.1) is 0 Å². The van der Waals surface area contributed by atoms with E-state index in [9.17, 15) is 8.78 Å². The molecule has 2 aliphatic rings. The first-order chi connectivity index (χ1) is 14.5. The molecule has 30 heavy (non-hydrogen) atoms. The average molecular weight is 417 g/mol. The molecule has 1 aromatic carbocycles. The fourth-order valence-corrected chi connectivity index (χ4v) is 5.34. The molecule has 2 fully saturated rings. The van der Waals surface area contributed by atoms with Gasteiger partial charge in [0.2, 0.25) is 0 Å². The topological polar surface area (TPSA) is 9.23 Å². The van der Waals surface area contributed by atoms with E-state index in [4.69, 9.17) is 4.74 Å². The van der Waals surface area contributed by atoms with E-state index in [0.717, 1.165) is 55.1 Å². The Morgan fingerprint density at radius 2 is 1.57 bits per heavy atom. The molecule has 0 amide bonds. The Morgan fingerprint density at radius 1 is 0.967 bits per heavy atom. The van der Waals surface area contributed by atoms with Gasteiger partial charge >= 0.3 is 6.11 Å². The van der Waals surface area contributed by atoms with Gasteiger partial charge in [0.25, 0.3) is 0 Å². The molecule has 3 heteroatoms. The molecular formula is C27H38F2O. The highest BCUT2D eigenvalue weighted by Gasteiger charge is 2.32. The van der Waals surface area contributed by atoms with Crippen LogP contribution in [0.5, 0.6) is 5.75 Å². The van der Waals surface area contributed by atoms with Gasteiger partial charge in [-0.1, -0.05) is 44.1 Å². The number of rotatable bonds is 9. The fourth-order valence-electron chi connectivity index (χ4n) is 5.34. The Hall–Kier alpha value is -1.64. The molecule has 1 nitrogen and oxygen atoms in total. The predicted octanol–water partition coefficient (Wildman–Crippen LogP) is 8.36. The lowest BCUT2D eigenvalue weighted by Crippen LogP contribution is -2.26. The summed E-state index contributed by atoms with van der Waals surface area (Å²) in [6.45, 7) is 5.88. The van der Waals surface area contributed by atoms with Crippen molar-refractivity contribution in [2.45, 2.75) is 83.7 Å². The standard InChI is InChI=1S/C27H38F2O/c1-3-5-6-22-7-13-24(14-8-22)25-15-9-23(10-16-25)19-20-27(28,29)30-26-17-11-21(4-2)12-18-26/h3,11-12,17-20,22-25H,1,4-10,13-16H2,2H3. The third kappa shape index (κ3) is 6.96. The quantitative estimate of drug-likeness (QED) is 0.367. The number of halogens is 2. The van der Waals surface area contributed by atoms with Crippen LogP contribution in [0.2, 0.25) is 0 Å². The molecule has 0 aliphatic heterocycles. The summed E-state index contributed by atoms with van der Waals surface area (Å²) in [6.07, 6.45) is 14.6. The van der Waals surface area contributed by atoms with Crippen LogP contribution in [-0.4, -0.2) is 6.11 Å². The predicted molar refractivity (Wildman–Crippen MR) is 121 cm³/mol. The van der Waals surface area contributed by atoms with Crippen LogP contribution >= 0.6 is 0 Å². The lowest BCUT2D eigenvalue weighted by Gasteiger charge is -2.37. The number of aryl methyl sites for hydroxylation is 1. The van der Waals surface area contributed by atoms with Gasteiger partial charge in [0.1, 0.15) is 5.75 Å². The summed E-state index contributed by atoms with van der Waals surface area (Å²) >= 11 is 0. The minimum atomic E-state index is -3.26. The lowest BCUT2D eigenvalue weighted by molar-refractivity contribution is -0.132. The highest BCUT2D eigenvalue weighted by Crippen LogP contribution is 2.42. The SMILES string of the molecule is C=CCCC1CCC(C2CCC(C=CC(F)(F)Oc3ccc(CC)cc3)CC2)CC1. The molecule has 0 spiro atoms. The number of hydrogen-bond donors (Lipinski definition) is 0. The van der Waals surface area contributed by atoms with E-state index >= 15 is 0 Å². The summed E-state index contributed by atoms with van der Waals surface area (Å²) in [4.78, 5) is 0. The van der Waals surface area contributed by atoms with Gasteiger partial charge in [-0.3, -0.25) is 0 Å². The summed E-state index contributed by atoms with van der Waals surface area (Å²) < 4.78 is 33.4. The maximum absolute atomic E-state index is 14.2. The van der Waals surface area contributed by atoms with Gasteiger partial charge in [-0.05, 0) is 99.2 Å². The van der Waals surface area contributed by atoms with Gasteiger partial charge in [-0.2, -0.15) is 8.78 Å². The second-order valence-electron chi connectivity index (χ2n) is 9.34. The van der Waals surface area contributed by atoms with Crippen LogP contribution in [0.25, 0.3) is 0 Å². The van der Waals surface area contributed by atoms with Crippen molar-refractivity contribution in [1.29, 1.82) is 0 Å². The smallest absolute Gasteiger partial charge is 0.419 e. The zero-order valence-electron chi connectivity index (χ0n) is 18.5. The van der Waals surface area contributed by atoms with Crippen molar-refractivity contribution in [2.75, 3.05) is 0 Å². The van der Waals surface area contributed by atoms with Crippen LogP contribution in [0.15, 0.2) is 49.1 Å². The number of ether oxygens (including phenoxy) is 1. The van der Waals surface area contributed by atoms with Crippen molar-refractivity contribution in [3.63, 3.8) is 0 Å². The van der Waals surface area contributed by atoms with E-state index in [-0.39, 0.29) is 11.7 Å². The maximum atomic E-state index is 14.2. The van der Waals surface area contributed by atoms with Crippen molar-refractivity contribution in [3.05, 3.63) is 54.6 Å². The third-order valence-corrected chi connectivity index (χ3v) is 7.30. The van der Waals surface area contributed by atoms with Crippen molar-refractivity contribution < 1.29 is 13.5 Å². The number of alkyl halides is 2. The Labute approximate surface area is 181 Å². The zero-order chi connectivity index (χ0) is 21.4. The Bertz CT molecular complexity index is 663. The van der Waals surface area contributed by atoms with Crippen LogP contribution in [-0.2, 0) is 6.42 Å². The van der Waals surface area contributed by atoms with E-state index in [1.807, 2.05) is 25.1 Å². The highest BCUT2D eigenvalue weighted by atomic mass is 19.3. The Kier molecular flexibility index (Phi) is 8.53. The second kappa shape index (κ2) is 11.1. The largest absolute Gasteiger partial charge is 0.429 e.